The lowest BCUT2D eigenvalue weighted by Gasteiger charge is -2.16. The first-order valence-corrected chi connectivity index (χ1v) is 5.50. The predicted octanol–water partition coefficient (Wildman–Crippen LogP) is 2.00. The van der Waals surface area contributed by atoms with Gasteiger partial charge < -0.3 is 11.1 Å². The fraction of sp³-hybridized carbons (Fsp3) is 1.00. The lowest BCUT2D eigenvalue weighted by atomic mass is 9.98. The Balaban J connectivity index is 3.16. The van der Waals surface area contributed by atoms with E-state index in [1.54, 1.807) is 0 Å². The van der Waals surface area contributed by atoms with Crippen LogP contribution in [0.4, 0.5) is 0 Å². The molecule has 0 bridgehead atoms. The zero-order valence-electron chi connectivity index (χ0n) is 9.64. The molecule has 0 rings (SSSR count). The molecule has 80 valence electrons. The van der Waals surface area contributed by atoms with Gasteiger partial charge in [0.2, 0.25) is 0 Å². The number of rotatable bonds is 7. The maximum atomic E-state index is 5.65. The summed E-state index contributed by atoms with van der Waals surface area (Å²) >= 11 is 0. The van der Waals surface area contributed by atoms with E-state index in [1.807, 2.05) is 0 Å². The zero-order valence-corrected chi connectivity index (χ0v) is 9.64. The third-order valence-corrected chi connectivity index (χ3v) is 2.62. The highest BCUT2D eigenvalue weighted by molar-refractivity contribution is 4.61. The second-order valence-corrected chi connectivity index (χ2v) is 4.54. The normalized spacial score (nSPS) is 16.2. The quantitative estimate of drug-likeness (QED) is 0.597. The highest BCUT2D eigenvalue weighted by Gasteiger charge is 2.05. The Bertz CT molecular complexity index is 111. The molecule has 2 heteroatoms. The van der Waals surface area contributed by atoms with Crippen LogP contribution in [0, 0.1) is 11.8 Å². The van der Waals surface area contributed by atoms with Crippen LogP contribution in [0.25, 0.3) is 0 Å². The van der Waals surface area contributed by atoms with E-state index in [1.165, 1.54) is 6.42 Å². The van der Waals surface area contributed by atoms with E-state index in [9.17, 15) is 0 Å². The first-order valence-electron chi connectivity index (χ1n) is 5.50. The fourth-order valence-corrected chi connectivity index (χ4v) is 1.11. The highest BCUT2D eigenvalue weighted by atomic mass is 14.9. The van der Waals surface area contributed by atoms with Gasteiger partial charge >= 0.3 is 0 Å². The van der Waals surface area contributed by atoms with E-state index in [4.69, 9.17) is 5.73 Å². The van der Waals surface area contributed by atoms with Crippen LogP contribution in [-0.4, -0.2) is 19.1 Å². The van der Waals surface area contributed by atoms with Crippen molar-refractivity contribution in [2.75, 3.05) is 13.1 Å². The van der Waals surface area contributed by atoms with Crippen molar-refractivity contribution in [2.24, 2.45) is 17.6 Å². The van der Waals surface area contributed by atoms with Gasteiger partial charge in [-0.1, -0.05) is 20.8 Å². The molecule has 0 aromatic rings. The van der Waals surface area contributed by atoms with Gasteiger partial charge in [-0.25, -0.2) is 0 Å². The Morgan fingerprint density at radius 2 is 1.77 bits per heavy atom. The standard InChI is InChI=1S/C11H26N2/c1-9(2)10(3)8-13-7-5-6-11(4)12/h9-11,13H,5-8,12H2,1-4H3. The molecule has 0 aromatic heterocycles. The zero-order chi connectivity index (χ0) is 10.3. The lowest BCUT2D eigenvalue weighted by molar-refractivity contribution is 0.390. The summed E-state index contributed by atoms with van der Waals surface area (Å²) in [5.74, 6) is 1.55. The summed E-state index contributed by atoms with van der Waals surface area (Å²) < 4.78 is 0. The largest absolute Gasteiger partial charge is 0.328 e. The minimum absolute atomic E-state index is 0.351. The number of hydrogen-bond acceptors (Lipinski definition) is 2. The molecule has 0 saturated carbocycles. The molecular weight excluding hydrogens is 160 g/mol. The van der Waals surface area contributed by atoms with Crippen LogP contribution in [0.1, 0.15) is 40.5 Å². The summed E-state index contributed by atoms with van der Waals surface area (Å²) in [6.45, 7) is 11.2. The van der Waals surface area contributed by atoms with Gasteiger partial charge in [0.25, 0.3) is 0 Å². The van der Waals surface area contributed by atoms with Crippen molar-refractivity contribution in [1.29, 1.82) is 0 Å². The molecule has 3 N–H and O–H groups in total. The molecule has 0 amide bonds. The molecule has 13 heavy (non-hydrogen) atoms. The molecule has 0 heterocycles. The summed E-state index contributed by atoms with van der Waals surface area (Å²) in [6, 6.07) is 0.351. The molecule has 0 saturated heterocycles. The molecule has 2 atom stereocenters. The molecule has 2 nitrogen and oxygen atoms in total. The highest BCUT2D eigenvalue weighted by Crippen LogP contribution is 2.07. The summed E-state index contributed by atoms with van der Waals surface area (Å²) in [5, 5.41) is 3.47. The second-order valence-electron chi connectivity index (χ2n) is 4.54. The van der Waals surface area contributed by atoms with Gasteiger partial charge in [-0.15, -0.1) is 0 Å². The number of hydrogen-bond donors (Lipinski definition) is 2. The van der Waals surface area contributed by atoms with Crippen molar-refractivity contribution in [3.8, 4) is 0 Å². The molecule has 0 aliphatic heterocycles. The molecule has 0 aliphatic carbocycles. The first kappa shape index (κ1) is 12.9. The van der Waals surface area contributed by atoms with Crippen molar-refractivity contribution < 1.29 is 0 Å². The lowest BCUT2D eigenvalue weighted by Crippen LogP contribution is -2.26. The van der Waals surface area contributed by atoms with Gasteiger partial charge in [0, 0.05) is 6.04 Å². The van der Waals surface area contributed by atoms with Crippen LogP contribution in [-0.2, 0) is 0 Å². The topological polar surface area (TPSA) is 38.0 Å². The van der Waals surface area contributed by atoms with Crippen molar-refractivity contribution in [3.05, 3.63) is 0 Å². The van der Waals surface area contributed by atoms with Crippen molar-refractivity contribution in [2.45, 2.75) is 46.6 Å². The van der Waals surface area contributed by atoms with E-state index in [-0.39, 0.29) is 0 Å². The summed E-state index contributed by atoms with van der Waals surface area (Å²) in [5.41, 5.74) is 5.65. The Morgan fingerprint density at radius 1 is 1.15 bits per heavy atom. The average Bonchev–Trinajstić information content (AvgIpc) is 2.02. The van der Waals surface area contributed by atoms with Crippen molar-refractivity contribution >= 4 is 0 Å². The maximum Gasteiger partial charge on any atom is 0.00109 e. The van der Waals surface area contributed by atoms with Crippen LogP contribution < -0.4 is 11.1 Å². The molecule has 2 unspecified atom stereocenters. The van der Waals surface area contributed by atoms with E-state index in [0.29, 0.717) is 6.04 Å². The van der Waals surface area contributed by atoms with Gasteiger partial charge in [-0.2, -0.15) is 0 Å². The summed E-state index contributed by atoms with van der Waals surface area (Å²) in [4.78, 5) is 0. The van der Waals surface area contributed by atoms with Crippen molar-refractivity contribution in [1.82, 2.24) is 5.32 Å². The van der Waals surface area contributed by atoms with Gasteiger partial charge in [0.1, 0.15) is 0 Å². The molecule has 0 spiro atoms. The van der Waals surface area contributed by atoms with Gasteiger partial charge in [-0.05, 0) is 44.7 Å². The fourth-order valence-electron chi connectivity index (χ4n) is 1.11. The van der Waals surface area contributed by atoms with E-state index in [2.05, 4.69) is 33.0 Å². The molecule has 0 aliphatic rings. The maximum absolute atomic E-state index is 5.65. The van der Waals surface area contributed by atoms with Crippen LogP contribution in [0.5, 0.6) is 0 Å². The van der Waals surface area contributed by atoms with Crippen LogP contribution in [0.2, 0.25) is 0 Å². The van der Waals surface area contributed by atoms with Gasteiger partial charge in [0.15, 0.2) is 0 Å². The Kier molecular flexibility index (Phi) is 7.29. The molecule has 0 aromatic carbocycles. The minimum atomic E-state index is 0.351. The number of nitrogens with two attached hydrogens (primary N) is 1. The van der Waals surface area contributed by atoms with Crippen LogP contribution in [0.15, 0.2) is 0 Å². The monoisotopic (exact) mass is 186 g/mol. The third-order valence-electron chi connectivity index (χ3n) is 2.62. The Morgan fingerprint density at radius 3 is 2.23 bits per heavy atom. The average molecular weight is 186 g/mol. The Labute approximate surface area is 83.3 Å². The van der Waals surface area contributed by atoms with Crippen LogP contribution >= 0.6 is 0 Å². The van der Waals surface area contributed by atoms with Gasteiger partial charge in [-0.3, -0.25) is 0 Å². The Hall–Kier alpha value is -0.0800. The van der Waals surface area contributed by atoms with E-state index >= 15 is 0 Å². The smallest absolute Gasteiger partial charge is 0.00109 e. The van der Waals surface area contributed by atoms with Gasteiger partial charge in [0.05, 0.1) is 0 Å². The molecular formula is C11H26N2. The van der Waals surface area contributed by atoms with Crippen LogP contribution in [0.3, 0.4) is 0 Å². The summed E-state index contributed by atoms with van der Waals surface area (Å²) in [6.07, 6.45) is 2.32. The number of nitrogens with one attached hydrogen (secondary N) is 1. The first-order chi connectivity index (χ1) is 6.04. The molecule has 0 fully saturated rings. The molecule has 0 radical (unpaired) electrons. The van der Waals surface area contributed by atoms with E-state index < -0.39 is 0 Å². The second kappa shape index (κ2) is 7.34. The summed E-state index contributed by atoms with van der Waals surface area (Å²) in [7, 11) is 0. The van der Waals surface area contributed by atoms with E-state index in [0.717, 1.165) is 31.3 Å². The third kappa shape index (κ3) is 8.26. The minimum Gasteiger partial charge on any atom is -0.328 e. The SMILES string of the molecule is CC(N)CCCNCC(C)C(C)C. The van der Waals surface area contributed by atoms with Crippen molar-refractivity contribution in [3.63, 3.8) is 0 Å². The predicted molar refractivity (Wildman–Crippen MR) is 59.8 cm³/mol.